The van der Waals surface area contributed by atoms with Crippen LogP contribution in [0.5, 0.6) is 0 Å². The van der Waals surface area contributed by atoms with Gasteiger partial charge in [-0.05, 0) is 43.4 Å². The van der Waals surface area contributed by atoms with Gasteiger partial charge in [-0.3, -0.25) is 0 Å². The van der Waals surface area contributed by atoms with Crippen LogP contribution in [0.3, 0.4) is 0 Å². The van der Waals surface area contributed by atoms with E-state index in [-0.39, 0.29) is 17.1 Å². The molecule has 1 aromatic rings. The molecule has 19 heavy (non-hydrogen) atoms. The zero-order chi connectivity index (χ0) is 13.5. The lowest BCUT2D eigenvalue weighted by Crippen LogP contribution is -2.40. The van der Waals surface area contributed by atoms with Crippen molar-refractivity contribution in [2.75, 3.05) is 6.54 Å². The molecule has 1 unspecified atom stereocenters. The highest BCUT2D eigenvalue weighted by Gasteiger charge is 2.43. The summed E-state index contributed by atoms with van der Waals surface area (Å²) in [7, 11) is -3.16. The molecule has 1 saturated heterocycles. The second kappa shape index (κ2) is 4.87. The lowest BCUT2D eigenvalue weighted by Gasteiger charge is -2.35. The van der Waals surface area contributed by atoms with Crippen molar-refractivity contribution in [3.05, 3.63) is 35.6 Å². The van der Waals surface area contributed by atoms with Gasteiger partial charge in [-0.25, -0.2) is 12.8 Å². The van der Waals surface area contributed by atoms with E-state index < -0.39 is 10.0 Å². The van der Waals surface area contributed by atoms with Crippen LogP contribution in [-0.4, -0.2) is 24.5 Å². The van der Waals surface area contributed by atoms with Gasteiger partial charge < -0.3 is 0 Å². The Hall–Kier alpha value is -0.940. The Morgan fingerprint density at radius 1 is 1.05 bits per heavy atom. The number of rotatable bonds is 3. The maximum Gasteiger partial charge on any atom is 0.217 e. The van der Waals surface area contributed by atoms with Crippen LogP contribution in [0.4, 0.5) is 4.39 Å². The number of benzene rings is 1. The SMILES string of the molecule is O=S(=O)(C1CC1)N1CCCCC1c1ccc(F)cc1. The molecule has 1 aliphatic heterocycles. The standard InChI is InChI=1S/C14H18FNO2S/c15-12-6-4-11(5-7-12)14-3-1-2-10-16(14)19(17,18)13-8-9-13/h4-7,13-14H,1-3,8-10H2. The van der Waals surface area contributed by atoms with Gasteiger partial charge >= 0.3 is 0 Å². The van der Waals surface area contributed by atoms with Gasteiger partial charge in [-0.1, -0.05) is 18.6 Å². The van der Waals surface area contributed by atoms with Crippen LogP contribution in [0.25, 0.3) is 0 Å². The van der Waals surface area contributed by atoms with Crippen molar-refractivity contribution in [1.82, 2.24) is 4.31 Å². The van der Waals surface area contributed by atoms with E-state index in [0.29, 0.717) is 6.54 Å². The van der Waals surface area contributed by atoms with Crippen molar-refractivity contribution in [3.8, 4) is 0 Å². The van der Waals surface area contributed by atoms with Crippen LogP contribution < -0.4 is 0 Å². The molecule has 3 rings (SSSR count). The molecule has 5 heteroatoms. The topological polar surface area (TPSA) is 37.4 Å². The Kier molecular flexibility index (Phi) is 3.35. The first kappa shape index (κ1) is 13.1. The molecule has 2 aliphatic rings. The molecular formula is C14H18FNO2S. The number of nitrogens with zero attached hydrogens (tertiary/aromatic N) is 1. The molecule has 0 spiro atoms. The normalized spacial score (nSPS) is 25.4. The van der Waals surface area contributed by atoms with E-state index in [1.54, 1.807) is 16.4 Å². The summed E-state index contributed by atoms with van der Waals surface area (Å²) in [6, 6.07) is 6.12. The van der Waals surface area contributed by atoms with E-state index in [1.165, 1.54) is 12.1 Å². The van der Waals surface area contributed by atoms with Gasteiger partial charge in [0, 0.05) is 12.6 Å². The summed E-state index contributed by atoms with van der Waals surface area (Å²) in [6.45, 7) is 0.598. The van der Waals surface area contributed by atoms with Crippen LogP contribution in [0.2, 0.25) is 0 Å². The van der Waals surface area contributed by atoms with E-state index >= 15 is 0 Å². The summed E-state index contributed by atoms with van der Waals surface area (Å²) in [5.74, 6) is -0.281. The highest BCUT2D eigenvalue weighted by atomic mass is 32.2. The fourth-order valence-corrected chi connectivity index (χ4v) is 4.87. The molecule has 1 atom stereocenters. The largest absolute Gasteiger partial charge is 0.217 e. The lowest BCUT2D eigenvalue weighted by molar-refractivity contribution is 0.255. The Morgan fingerprint density at radius 3 is 2.37 bits per heavy atom. The third-order valence-electron chi connectivity index (χ3n) is 3.98. The van der Waals surface area contributed by atoms with Gasteiger partial charge in [-0.2, -0.15) is 4.31 Å². The Bertz CT molecular complexity index is 551. The first-order valence-corrected chi connectivity index (χ1v) is 8.35. The number of hydrogen-bond acceptors (Lipinski definition) is 2. The third-order valence-corrected chi connectivity index (χ3v) is 6.39. The summed E-state index contributed by atoms with van der Waals surface area (Å²) in [5.41, 5.74) is 0.908. The molecule has 0 radical (unpaired) electrons. The summed E-state index contributed by atoms with van der Waals surface area (Å²) < 4.78 is 39.5. The monoisotopic (exact) mass is 283 g/mol. The zero-order valence-corrected chi connectivity index (χ0v) is 11.6. The fourth-order valence-electron chi connectivity index (χ4n) is 2.78. The highest BCUT2D eigenvalue weighted by molar-refractivity contribution is 7.90. The maximum absolute atomic E-state index is 13.0. The second-order valence-corrected chi connectivity index (χ2v) is 7.58. The fraction of sp³-hybridized carbons (Fsp3) is 0.571. The van der Waals surface area contributed by atoms with Crippen molar-refractivity contribution in [2.45, 2.75) is 43.4 Å². The van der Waals surface area contributed by atoms with E-state index in [0.717, 1.165) is 37.7 Å². The second-order valence-electron chi connectivity index (χ2n) is 5.42. The van der Waals surface area contributed by atoms with Gasteiger partial charge in [0.05, 0.1) is 5.25 Å². The molecule has 1 aromatic carbocycles. The van der Waals surface area contributed by atoms with Crippen LogP contribution in [0.15, 0.2) is 24.3 Å². The molecule has 0 bridgehead atoms. The predicted octanol–water partition coefficient (Wildman–Crippen LogP) is 2.84. The van der Waals surface area contributed by atoms with Crippen molar-refractivity contribution in [3.63, 3.8) is 0 Å². The smallest absolute Gasteiger partial charge is 0.212 e. The Balaban J connectivity index is 1.90. The average Bonchev–Trinajstić information content (AvgIpc) is 3.24. The third kappa shape index (κ3) is 2.54. The lowest BCUT2D eigenvalue weighted by atomic mass is 9.97. The molecule has 104 valence electrons. The van der Waals surface area contributed by atoms with E-state index in [9.17, 15) is 12.8 Å². The van der Waals surface area contributed by atoms with Crippen molar-refractivity contribution >= 4 is 10.0 Å². The molecule has 0 N–H and O–H groups in total. The van der Waals surface area contributed by atoms with Crippen LogP contribution >= 0.6 is 0 Å². The first-order valence-electron chi connectivity index (χ1n) is 6.85. The van der Waals surface area contributed by atoms with Gasteiger partial charge in [0.15, 0.2) is 0 Å². The minimum absolute atomic E-state index is 0.111. The molecule has 0 amide bonds. The molecule has 1 heterocycles. The number of hydrogen-bond donors (Lipinski definition) is 0. The highest BCUT2D eigenvalue weighted by Crippen LogP contribution is 2.39. The molecule has 1 saturated carbocycles. The van der Waals surface area contributed by atoms with Gasteiger partial charge in [-0.15, -0.1) is 0 Å². The van der Waals surface area contributed by atoms with Gasteiger partial charge in [0.2, 0.25) is 10.0 Å². The van der Waals surface area contributed by atoms with Crippen LogP contribution in [0, 0.1) is 5.82 Å². The zero-order valence-electron chi connectivity index (χ0n) is 10.8. The quantitative estimate of drug-likeness (QED) is 0.855. The summed E-state index contributed by atoms with van der Waals surface area (Å²) in [5, 5.41) is -0.173. The molecule has 3 nitrogen and oxygen atoms in total. The summed E-state index contributed by atoms with van der Waals surface area (Å²) >= 11 is 0. The average molecular weight is 283 g/mol. The predicted molar refractivity (Wildman–Crippen MR) is 71.6 cm³/mol. The summed E-state index contributed by atoms with van der Waals surface area (Å²) in [6.07, 6.45) is 4.35. The van der Waals surface area contributed by atoms with E-state index in [4.69, 9.17) is 0 Å². The van der Waals surface area contributed by atoms with Crippen LogP contribution in [-0.2, 0) is 10.0 Å². The Morgan fingerprint density at radius 2 is 1.74 bits per heavy atom. The minimum Gasteiger partial charge on any atom is -0.212 e. The molecule has 2 fully saturated rings. The molecule has 1 aliphatic carbocycles. The molecular weight excluding hydrogens is 265 g/mol. The summed E-state index contributed by atoms with van der Waals surface area (Å²) in [4.78, 5) is 0. The van der Waals surface area contributed by atoms with Crippen molar-refractivity contribution in [2.24, 2.45) is 0 Å². The van der Waals surface area contributed by atoms with E-state index in [1.807, 2.05) is 0 Å². The number of piperidine rings is 1. The maximum atomic E-state index is 13.0. The van der Waals surface area contributed by atoms with Gasteiger partial charge in [0.1, 0.15) is 5.82 Å². The van der Waals surface area contributed by atoms with Gasteiger partial charge in [0.25, 0.3) is 0 Å². The van der Waals surface area contributed by atoms with E-state index in [2.05, 4.69) is 0 Å². The minimum atomic E-state index is -3.16. The number of sulfonamides is 1. The molecule has 0 aromatic heterocycles. The first-order chi connectivity index (χ1) is 9.09. The van der Waals surface area contributed by atoms with Crippen molar-refractivity contribution < 1.29 is 12.8 Å². The van der Waals surface area contributed by atoms with Crippen LogP contribution in [0.1, 0.15) is 43.7 Å². The number of halogens is 1. The van der Waals surface area contributed by atoms with Crippen molar-refractivity contribution in [1.29, 1.82) is 0 Å². The Labute approximate surface area is 113 Å².